The standard InChI is InChI=1S/C11H19BrF2/c1-10(2,8-12)6-9-4-3-5-11(13,14)7-9/h9H,3-8H2,1-2H3. The lowest BCUT2D eigenvalue weighted by Crippen LogP contribution is -2.29. The summed E-state index contributed by atoms with van der Waals surface area (Å²) >= 11 is 3.44. The molecule has 0 aromatic heterocycles. The molecule has 0 heterocycles. The molecule has 1 atom stereocenters. The maximum atomic E-state index is 13.1. The molecule has 0 radical (unpaired) electrons. The summed E-state index contributed by atoms with van der Waals surface area (Å²) in [5.41, 5.74) is 0.151. The van der Waals surface area contributed by atoms with E-state index in [1.807, 2.05) is 0 Å². The van der Waals surface area contributed by atoms with E-state index in [2.05, 4.69) is 29.8 Å². The summed E-state index contributed by atoms with van der Waals surface area (Å²) in [7, 11) is 0. The van der Waals surface area contributed by atoms with Gasteiger partial charge in [0.15, 0.2) is 0 Å². The first-order chi connectivity index (χ1) is 6.35. The van der Waals surface area contributed by atoms with E-state index in [4.69, 9.17) is 0 Å². The van der Waals surface area contributed by atoms with Gasteiger partial charge in [0.1, 0.15) is 0 Å². The third-order valence-electron chi connectivity index (χ3n) is 2.95. The molecule has 0 N–H and O–H groups in total. The fraction of sp³-hybridized carbons (Fsp3) is 1.00. The molecule has 0 aromatic rings. The van der Waals surface area contributed by atoms with Crippen molar-refractivity contribution in [3.05, 3.63) is 0 Å². The van der Waals surface area contributed by atoms with Crippen LogP contribution in [0.25, 0.3) is 0 Å². The van der Waals surface area contributed by atoms with Crippen molar-refractivity contribution in [1.82, 2.24) is 0 Å². The first kappa shape index (κ1) is 12.4. The first-order valence-corrected chi connectivity index (χ1v) is 6.41. The summed E-state index contributed by atoms with van der Waals surface area (Å²) in [6.45, 7) is 4.27. The summed E-state index contributed by atoms with van der Waals surface area (Å²) in [5.74, 6) is -2.18. The minimum Gasteiger partial charge on any atom is -0.207 e. The number of hydrogen-bond acceptors (Lipinski definition) is 0. The van der Waals surface area contributed by atoms with Crippen LogP contribution >= 0.6 is 15.9 Å². The van der Waals surface area contributed by atoms with Gasteiger partial charge in [0.05, 0.1) is 0 Å². The highest BCUT2D eigenvalue weighted by Crippen LogP contribution is 2.41. The molecular formula is C11H19BrF2. The Balaban J connectivity index is 2.46. The van der Waals surface area contributed by atoms with Crippen molar-refractivity contribution in [3.8, 4) is 0 Å². The van der Waals surface area contributed by atoms with Crippen LogP contribution in [0.15, 0.2) is 0 Å². The summed E-state index contributed by atoms with van der Waals surface area (Å²) in [4.78, 5) is 0. The minimum atomic E-state index is -2.40. The van der Waals surface area contributed by atoms with Gasteiger partial charge in [-0.05, 0) is 30.6 Å². The lowest BCUT2D eigenvalue weighted by Gasteiger charge is -2.33. The Morgan fingerprint density at radius 2 is 2.07 bits per heavy atom. The monoisotopic (exact) mass is 268 g/mol. The molecule has 1 fully saturated rings. The van der Waals surface area contributed by atoms with Crippen molar-refractivity contribution in [2.75, 3.05) is 5.33 Å². The third-order valence-corrected chi connectivity index (χ3v) is 4.46. The van der Waals surface area contributed by atoms with Crippen LogP contribution in [-0.2, 0) is 0 Å². The van der Waals surface area contributed by atoms with E-state index in [1.54, 1.807) is 0 Å². The van der Waals surface area contributed by atoms with Gasteiger partial charge in [0.25, 0.3) is 0 Å². The molecule has 0 aliphatic heterocycles. The Morgan fingerprint density at radius 3 is 2.57 bits per heavy atom. The van der Waals surface area contributed by atoms with Gasteiger partial charge in [-0.25, -0.2) is 8.78 Å². The molecule has 1 aliphatic carbocycles. The summed E-state index contributed by atoms with van der Waals surface area (Å²) in [6.07, 6.45) is 2.78. The molecule has 84 valence electrons. The average Bonchev–Trinajstić information content (AvgIpc) is 2.01. The van der Waals surface area contributed by atoms with E-state index in [0.29, 0.717) is 6.42 Å². The Morgan fingerprint density at radius 1 is 1.43 bits per heavy atom. The predicted octanol–water partition coefficient (Wildman–Crippen LogP) is 4.62. The summed E-state index contributed by atoms with van der Waals surface area (Å²) in [6, 6.07) is 0. The van der Waals surface area contributed by atoms with Crippen LogP contribution in [0.3, 0.4) is 0 Å². The average molecular weight is 269 g/mol. The van der Waals surface area contributed by atoms with Crippen molar-refractivity contribution >= 4 is 15.9 Å². The van der Waals surface area contributed by atoms with Crippen molar-refractivity contribution in [2.45, 2.75) is 51.9 Å². The molecule has 1 aliphatic rings. The van der Waals surface area contributed by atoms with Crippen molar-refractivity contribution in [3.63, 3.8) is 0 Å². The van der Waals surface area contributed by atoms with Crippen LogP contribution in [0.4, 0.5) is 8.78 Å². The second-order valence-electron chi connectivity index (χ2n) is 5.32. The van der Waals surface area contributed by atoms with E-state index in [0.717, 1.165) is 18.2 Å². The molecule has 3 heteroatoms. The smallest absolute Gasteiger partial charge is 0.207 e. The molecule has 0 spiro atoms. The highest BCUT2D eigenvalue weighted by Gasteiger charge is 2.37. The van der Waals surface area contributed by atoms with Gasteiger partial charge in [0, 0.05) is 18.2 Å². The predicted molar refractivity (Wildman–Crippen MR) is 59.1 cm³/mol. The quantitative estimate of drug-likeness (QED) is 0.655. The van der Waals surface area contributed by atoms with Crippen LogP contribution in [0.2, 0.25) is 0 Å². The van der Waals surface area contributed by atoms with E-state index < -0.39 is 5.92 Å². The number of hydrogen-bond donors (Lipinski definition) is 0. The topological polar surface area (TPSA) is 0 Å². The zero-order valence-electron chi connectivity index (χ0n) is 8.95. The van der Waals surface area contributed by atoms with Gasteiger partial charge in [-0.1, -0.05) is 29.8 Å². The molecular weight excluding hydrogens is 250 g/mol. The Hall–Kier alpha value is 0.340. The van der Waals surface area contributed by atoms with Gasteiger partial charge in [0.2, 0.25) is 5.92 Å². The third kappa shape index (κ3) is 3.84. The van der Waals surface area contributed by atoms with Crippen LogP contribution in [0.5, 0.6) is 0 Å². The SMILES string of the molecule is CC(C)(CBr)CC1CCCC(F)(F)C1. The summed E-state index contributed by atoms with van der Waals surface area (Å²) in [5, 5.41) is 0.891. The fourth-order valence-corrected chi connectivity index (χ4v) is 2.52. The van der Waals surface area contributed by atoms with E-state index in [9.17, 15) is 8.78 Å². The number of halogens is 3. The van der Waals surface area contributed by atoms with Gasteiger partial charge < -0.3 is 0 Å². The Kier molecular flexibility index (Phi) is 3.95. The largest absolute Gasteiger partial charge is 0.248 e. The maximum absolute atomic E-state index is 13.1. The van der Waals surface area contributed by atoms with Gasteiger partial charge in [-0.15, -0.1) is 0 Å². The molecule has 0 aromatic carbocycles. The molecule has 1 saturated carbocycles. The molecule has 14 heavy (non-hydrogen) atoms. The fourth-order valence-electron chi connectivity index (χ4n) is 2.29. The molecule has 0 bridgehead atoms. The highest BCUT2D eigenvalue weighted by atomic mass is 79.9. The number of alkyl halides is 3. The Bertz CT molecular complexity index is 190. The van der Waals surface area contributed by atoms with Crippen molar-refractivity contribution in [2.24, 2.45) is 11.3 Å². The molecule has 0 nitrogen and oxygen atoms in total. The zero-order valence-corrected chi connectivity index (χ0v) is 10.5. The molecule has 0 amide bonds. The zero-order chi connectivity index (χ0) is 10.8. The highest BCUT2D eigenvalue weighted by molar-refractivity contribution is 9.09. The number of rotatable bonds is 3. The van der Waals surface area contributed by atoms with Crippen LogP contribution < -0.4 is 0 Å². The summed E-state index contributed by atoms with van der Waals surface area (Å²) < 4.78 is 26.2. The van der Waals surface area contributed by atoms with Crippen molar-refractivity contribution in [1.29, 1.82) is 0 Å². The lowest BCUT2D eigenvalue weighted by molar-refractivity contribution is -0.0574. The van der Waals surface area contributed by atoms with E-state index in [1.165, 1.54) is 0 Å². The van der Waals surface area contributed by atoms with Crippen LogP contribution in [0.1, 0.15) is 46.0 Å². The second-order valence-corrected chi connectivity index (χ2v) is 5.88. The van der Waals surface area contributed by atoms with Gasteiger partial charge in [-0.2, -0.15) is 0 Å². The minimum absolute atomic E-state index is 0.0955. The van der Waals surface area contributed by atoms with Crippen LogP contribution in [0, 0.1) is 11.3 Å². The lowest BCUT2D eigenvalue weighted by atomic mass is 9.76. The molecule has 1 unspecified atom stereocenters. The van der Waals surface area contributed by atoms with E-state index in [-0.39, 0.29) is 24.2 Å². The van der Waals surface area contributed by atoms with Crippen molar-refractivity contribution < 1.29 is 8.78 Å². The maximum Gasteiger partial charge on any atom is 0.248 e. The van der Waals surface area contributed by atoms with Crippen LogP contribution in [-0.4, -0.2) is 11.3 Å². The first-order valence-electron chi connectivity index (χ1n) is 5.28. The van der Waals surface area contributed by atoms with Gasteiger partial charge in [-0.3, -0.25) is 0 Å². The van der Waals surface area contributed by atoms with E-state index >= 15 is 0 Å². The molecule has 1 rings (SSSR count). The van der Waals surface area contributed by atoms with Gasteiger partial charge >= 0.3 is 0 Å². The normalized spacial score (nSPS) is 27.6. The second kappa shape index (κ2) is 4.46. The molecule has 0 saturated heterocycles. The Labute approximate surface area is 93.6 Å².